The van der Waals surface area contributed by atoms with Crippen LogP contribution in [0.5, 0.6) is 5.75 Å². The van der Waals surface area contributed by atoms with E-state index in [0.717, 1.165) is 15.6 Å². The number of hydrogen-bond acceptors (Lipinski definition) is 3. The van der Waals surface area contributed by atoms with Crippen LogP contribution in [0.1, 0.15) is 38.3 Å². The summed E-state index contributed by atoms with van der Waals surface area (Å²) in [6, 6.07) is 12.2. The molecule has 0 aliphatic rings. The molecule has 0 aromatic heterocycles. The maximum Gasteiger partial charge on any atom is 0.261 e. The van der Waals surface area contributed by atoms with Gasteiger partial charge in [-0.1, -0.05) is 46.6 Å². The van der Waals surface area contributed by atoms with Gasteiger partial charge in [-0.2, -0.15) is 0 Å². The molecule has 7 heteroatoms. The fourth-order valence-corrected chi connectivity index (χ4v) is 3.39. The van der Waals surface area contributed by atoms with Gasteiger partial charge in [0, 0.05) is 22.1 Å². The second-order valence-electron chi connectivity index (χ2n) is 7.44. The number of amides is 2. The summed E-state index contributed by atoms with van der Waals surface area (Å²) in [6.45, 7) is 7.79. The van der Waals surface area contributed by atoms with Crippen molar-refractivity contribution in [2.45, 2.75) is 52.7 Å². The Morgan fingerprint density at radius 3 is 2.40 bits per heavy atom. The number of nitrogens with one attached hydrogen (secondary N) is 1. The van der Waals surface area contributed by atoms with E-state index in [1.807, 2.05) is 52.0 Å². The Kier molecular flexibility index (Phi) is 9.18. The minimum atomic E-state index is -0.592. The molecule has 2 amide bonds. The van der Waals surface area contributed by atoms with Crippen LogP contribution < -0.4 is 10.1 Å². The summed E-state index contributed by atoms with van der Waals surface area (Å²) < 4.78 is 6.71. The molecule has 1 atom stereocenters. The Labute approximate surface area is 191 Å². The normalized spacial score (nSPS) is 11.8. The van der Waals surface area contributed by atoms with Crippen molar-refractivity contribution in [1.29, 1.82) is 0 Å². The molecule has 0 unspecified atom stereocenters. The highest BCUT2D eigenvalue weighted by molar-refractivity contribution is 9.10. The van der Waals surface area contributed by atoms with Crippen molar-refractivity contribution in [2.75, 3.05) is 6.61 Å². The molecule has 2 aromatic rings. The highest BCUT2D eigenvalue weighted by atomic mass is 79.9. The maximum absolute atomic E-state index is 13.1. The van der Waals surface area contributed by atoms with E-state index in [0.29, 0.717) is 23.7 Å². The second-order valence-corrected chi connectivity index (χ2v) is 8.73. The number of hydrogen-bond donors (Lipinski definition) is 1. The number of ether oxygens (including phenoxy) is 1. The van der Waals surface area contributed by atoms with Gasteiger partial charge in [-0.3, -0.25) is 9.59 Å². The van der Waals surface area contributed by atoms with E-state index in [4.69, 9.17) is 16.3 Å². The summed E-state index contributed by atoms with van der Waals surface area (Å²) in [5, 5.41) is 3.53. The van der Waals surface area contributed by atoms with E-state index in [9.17, 15) is 9.59 Å². The fourth-order valence-electron chi connectivity index (χ4n) is 3.02. The minimum absolute atomic E-state index is 0.0129. The summed E-state index contributed by atoms with van der Waals surface area (Å²) in [5.74, 6) is 0.181. The molecule has 1 N–H and O–H groups in total. The minimum Gasteiger partial charge on any atom is -0.484 e. The average Bonchev–Trinajstić information content (AvgIpc) is 2.69. The zero-order chi connectivity index (χ0) is 22.3. The summed E-state index contributed by atoms with van der Waals surface area (Å²) in [7, 11) is 0. The SMILES string of the molecule is CC[C@@H](C(=O)NC(C)C)N(Cc1ccc(Cl)cc1)C(=O)COc1ccc(Br)c(C)c1. The summed E-state index contributed by atoms with van der Waals surface area (Å²) >= 11 is 9.44. The predicted octanol–water partition coefficient (Wildman–Crippen LogP) is 5.12. The van der Waals surface area contributed by atoms with Crippen molar-refractivity contribution in [3.63, 3.8) is 0 Å². The Balaban J connectivity index is 2.21. The number of nitrogens with zero attached hydrogens (tertiary/aromatic N) is 1. The Morgan fingerprint density at radius 2 is 1.83 bits per heavy atom. The molecule has 2 aromatic carbocycles. The predicted molar refractivity (Wildman–Crippen MR) is 124 cm³/mol. The van der Waals surface area contributed by atoms with Gasteiger partial charge in [-0.05, 0) is 68.7 Å². The Morgan fingerprint density at radius 1 is 1.17 bits per heavy atom. The van der Waals surface area contributed by atoms with Crippen LogP contribution in [0.4, 0.5) is 0 Å². The molecule has 0 saturated heterocycles. The maximum atomic E-state index is 13.1. The molecular formula is C23H28BrClN2O3. The van der Waals surface area contributed by atoms with E-state index in [-0.39, 0.29) is 24.5 Å². The average molecular weight is 496 g/mol. The van der Waals surface area contributed by atoms with Crippen LogP contribution in [-0.4, -0.2) is 35.4 Å². The molecule has 0 radical (unpaired) electrons. The van der Waals surface area contributed by atoms with Crippen LogP contribution >= 0.6 is 27.5 Å². The van der Waals surface area contributed by atoms with Gasteiger partial charge >= 0.3 is 0 Å². The van der Waals surface area contributed by atoms with E-state index in [2.05, 4.69) is 21.2 Å². The van der Waals surface area contributed by atoms with Crippen molar-refractivity contribution in [3.05, 3.63) is 63.1 Å². The Bertz CT molecular complexity index is 871. The number of carbonyl (C=O) groups is 2. The first kappa shape index (κ1) is 24.2. The second kappa shape index (κ2) is 11.4. The summed E-state index contributed by atoms with van der Waals surface area (Å²) in [4.78, 5) is 27.5. The van der Waals surface area contributed by atoms with Gasteiger partial charge < -0.3 is 15.0 Å². The lowest BCUT2D eigenvalue weighted by molar-refractivity contribution is -0.143. The third-order valence-corrected chi connectivity index (χ3v) is 5.72. The van der Waals surface area contributed by atoms with Crippen molar-refractivity contribution < 1.29 is 14.3 Å². The monoisotopic (exact) mass is 494 g/mol. The number of halogens is 2. The molecule has 5 nitrogen and oxygen atoms in total. The first-order valence-electron chi connectivity index (χ1n) is 9.94. The lowest BCUT2D eigenvalue weighted by Gasteiger charge is -2.31. The van der Waals surface area contributed by atoms with Gasteiger partial charge in [0.05, 0.1) is 0 Å². The third kappa shape index (κ3) is 7.03. The van der Waals surface area contributed by atoms with Crippen molar-refractivity contribution >= 4 is 39.3 Å². The summed E-state index contributed by atoms with van der Waals surface area (Å²) in [6.07, 6.45) is 0.495. The van der Waals surface area contributed by atoms with Crippen molar-refractivity contribution in [1.82, 2.24) is 10.2 Å². The number of aryl methyl sites for hydroxylation is 1. The van der Waals surface area contributed by atoms with E-state index in [1.165, 1.54) is 0 Å². The number of benzene rings is 2. The third-order valence-electron chi connectivity index (χ3n) is 4.57. The smallest absolute Gasteiger partial charge is 0.261 e. The topological polar surface area (TPSA) is 58.6 Å². The van der Waals surface area contributed by atoms with Crippen LogP contribution in [0, 0.1) is 6.92 Å². The molecule has 0 fully saturated rings. The molecule has 162 valence electrons. The largest absolute Gasteiger partial charge is 0.484 e. The molecule has 0 saturated carbocycles. The first-order valence-corrected chi connectivity index (χ1v) is 11.1. The molecule has 0 aliphatic heterocycles. The van der Waals surface area contributed by atoms with Crippen molar-refractivity contribution in [3.8, 4) is 5.75 Å². The zero-order valence-corrected chi connectivity index (χ0v) is 20.1. The van der Waals surface area contributed by atoms with Gasteiger partial charge in [0.25, 0.3) is 5.91 Å². The van der Waals surface area contributed by atoms with Gasteiger partial charge in [0.1, 0.15) is 11.8 Å². The first-order chi connectivity index (χ1) is 14.2. The van der Waals surface area contributed by atoms with E-state index >= 15 is 0 Å². The number of carbonyl (C=O) groups excluding carboxylic acids is 2. The van der Waals surface area contributed by atoms with Gasteiger partial charge in [0.15, 0.2) is 6.61 Å². The molecule has 0 aliphatic carbocycles. The Hall–Kier alpha value is -2.05. The van der Waals surface area contributed by atoms with Gasteiger partial charge in [-0.25, -0.2) is 0 Å². The lowest BCUT2D eigenvalue weighted by atomic mass is 10.1. The molecular weight excluding hydrogens is 468 g/mol. The van der Waals surface area contributed by atoms with Crippen LogP contribution in [-0.2, 0) is 16.1 Å². The van der Waals surface area contributed by atoms with Crippen LogP contribution in [0.25, 0.3) is 0 Å². The van der Waals surface area contributed by atoms with Crippen LogP contribution in [0.15, 0.2) is 46.9 Å². The van der Waals surface area contributed by atoms with Gasteiger partial charge in [0.2, 0.25) is 5.91 Å². The van der Waals surface area contributed by atoms with E-state index in [1.54, 1.807) is 23.1 Å². The molecule has 30 heavy (non-hydrogen) atoms. The molecule has 0 heterocycles. The van der Waals surface area contributed by atoms with Crippen LogP contribution in [0.3, 0.4) is 0 Å². The molecule has 2 rings (SSSR count). The summed E-state index contributed by atoms with van der Waals surface area (Å²) in [5.41, 5.74) is 1.91. The molecule has 0 bridgehead atoms. The van der Waals surface area contributed by atoms with Crippen molar-refractivity contribution in [2.24, 2.45) is 0 Å². The standard InChI is InChI=1S/C23H28BrClN2O3/c1-5-21(23(29)26-15(2)3)27(13-17-6-8-18(25)9-7-17)22(28)14-30-19-10-11-20(24)16(4)12-19/h6-12,15,21H,5,13-14H2,1-4H3,(H,26,29)/t21-/m0/s1. The van der Waals surface area contributed by atoms with Crippen LogP contribution in [0.2, 0.25) is 5.02 Å². The fraction of sp³-hybridized carbons (Fsp3) is 0.391. The quantitative estimate of drug-likeness (QED) is 0.525. The van der Waals surface area contributed by atoms with Gasteiger partial charge in [-0.15, -0.1) is 0 Å². The lowest BCUT2D eigenvalue weighted by Crippen LogP contribution is -2.51. The number of rotatable bonds is 9. The highest BCUT2D eigenvalue weighted by Gasteiger charge is 2.29. The zero-order valence-electron chi connectivity index (χ0n) is 17.7. The highest BCUT2D eigenvalue weighted by Crippen LogP contribution is 2.22. The molecule has 0 spiro atoms. The van der Waals surface area contributed by atoms with E-state index < -0.39 is 6.04 Å².